The van der Waals surface area contributed by atoms with Crippen LogP contribution in [0.3, 0.4) is 0 Å². The fourth-order valence-electron chi connectivity index (χ4n) is 3.08. The lowest BCUT2D eigenvalue weighted by Gasteiger charge is -2.16. The van der Waals surface area contributed by atoms with Gasteiger partial charge in [-0.25, -0.2) is 4.39 Å². The molecule has 0 fully saturated rings. The Morgan fingerprint density at radius 3 is 2.30 bits per heavy atom. The minimum Gasteiger partial charge on any atom is -0.490 e. The molecule has 0 unspecified atom stereocenters. The predicted octanol–water partition coefficient (Wildman–Crippen LogP) is 6.21. The van der Waals surface area contributed by atoms with E-state index in [-0.39, 0.29) is 5.82 Å². The number of aryl methyl sites for hydroxylation is 1. The highest BCUT2D eigenvalue weighted by molar-refractivity contribution is 9.10. The highest BCUT2D eigenvalue weighted by Gasteiger charge is 2.13. The van der Waals surface area contributed by atoms with Crippen molar-refractivity contribution in [1.82, 2.24) is 5.32 Å². The zero-order valence-electron chi connectivity index (χ0n) is 17.4. The molecule has 3 rings (SSSR count). The van der Waals surface area contributed by atoms with Crippen molar-refractivity contribution in [2.24, 2.45) is 0 Å². The molecular formula is C25H27BrFNO2. The van der Waals surface area contributed by atoms with Crippen molar-refractivity contribution < 1.29 is 13.9 Å². The van der Waals surface area contributed by atoms with Crippen LogP contribution in [0, 0.1) is 12.7 Å². The number of ether oxygens (including phenoxy) is 2. The second-order valence-corrected chi connectivity index (χ2v) is 8.02. The molecule has 0 saturated carbocycles. The molecule has 0 aromatic heterocycles. The Hall–Kier alpha value is -2.37. The topological polar surface area (TPSA) is 30.5 Å². The van der Waals surface area contributed by atoms with Crippen LogP contribution in [0.5, 0.6) is 11.5 Å². The minimum absolute atomic E-state index is 0.204. The SMILES string of the molecule is CCOc1cc(CNCCc2ccc(F)cc2)cc(Br)c1OCc1ccc(C)cc1. The summed E-state index contributed by atoms with van der Waals surface area (Å²) < 4.78 is 25.8. The zero-order chi connectivity index (χ0) is 21.3. The maximum Gasteiger partial charge on any atom is 0.175 e. The molecule has 30 heavy (non-hydrogen) atoms. The van der Waals surface area contributed by atoms with Crippen LogP contribution in [0.1, 0.15) is 29.2 Å². The predicted molar refractivity (Wildman–Crippen MR) is 123 cm³/mol. The van der Waals surface area contributed by atoms with Crippen LogP contribution in [0.2, 0.25) is 0 Å². The number of hydrogen-bond donors (Lipinski definition) is 1. The number of halogens is 2. The number of rotatable bonds is 10. The molecule has 0 aliphatic heterocycles. The second-order valence-electron chi connectivity index (χ2n) is 7.17. The lowest BCUT2D eigenvalue weighted by Crippen LogP contribution is -2.17. The number of benzene rings is 3. The summed E-state index contributed by atoms with van der Waals surface area (Å²) >= 11 is 3.64. The molecular weight excluding hydrogens is 445 g/mol. The molecule has 0 aliphatic carbocycles. The van der Waals surface area contributed by atoms with E-state index in [0.29, 0.717) is 25.5 Å². The first kappa shape index (κ1) is 22.3. The van der Waals surface area contributed by atoms with Crippen molar-refractivity contribution in [2.45, 2.75) is 33.4 Å². The fraction of sp³-hybridized carbons (Fsp3) is 0.280. The lowest BCUT2D eigenvalue weighted by atomic mass is 10.1. The maximum atomic E-state index is 13.0. The van der Waals surface area contributed by atoms with Gasteiger partial charge in [-0.1, -0.05) is 42.0 Å². The molecule has 5 heteroatoms. The Morgan fingerprint density at radius 2 is 1.60 bits per heavy atom. The van der Waals surface area contributed by atoms with E-state index in [1.54, 1.807) is 0 Å². The Kier molecular flexibility index (Phi) is 8.29. The summed E-state index contributed by atoms with van der Waals surface area (Å²) in [5, 5.41) is 3.43. The molecule has 1 N–H and O–H groups in total. The third-order valence-electron chi connectivity index (χ3n) is 4.71. The van der Waals surface area contributed by atoms with Crippen LogP contribution in [-0.2, 0) is 19.6 Å². The van der Waals surface area contributed by atoms with Gasteiger partial charge in [0.2, 0.25) is 0 Å². The first-order chi connectivity index (χ1) is 14.5. The summed E-state index contributed by atoms with van der Waals surface area (Å²) in [6.45, 7) is 6.59. The standard InChI is InChI=1S/C25H27BrFNO2/c1-3-29-24-15-21(16-28-13-12-19-8-10-22(27)11-9-19)14-23(26)25(24)30-17-20-6-4-18(2)5-7-20/h4-11,14-15,28H,3,12-13,16-17H2,1-2H3. The van der Waals surface area contributed by atoms with Crippen LogP contribution < -0.4 is 14.8 Å². The quantitative estimate of drug-likeness (QED) is 0.356. The monoisotopic (exact) mass is 471 g/mol. The second kappa shape index (κ2) is 11.1. The summed E-state index contributed by atoms with van der Waals surface area (Å²) in [5.41, 5.74) is 4.56. The summed E-state index contributed by atoms with van der Waals surface area (Å²) in [4.78, 5) is 0. The molecule has 0 amide bonds. The molecule has 0 spiro atoms. The van der Waals surface area contributed by atoms with Crippen molar-refractivity contribution >= 4 is 15.9 Å². The van der Waals surface area contributed by atoms with Gasteiger partial charge in [0.05, 0.1) is 11.1 Å². The Bertz CT molecular complexity index is 943. The molecule has 158 valence electrons. The molecule has 3 aromatic carbocycles. The lowest BCUT2D eigenvalue weighted by molar-refractivity contribution is 0.267. The Morgan fingerprint density at radius 1 is 0.900 bits per heavy atom. The third kappa shape index (κ3) is 6.57. The van der Waals surface area contributed by atoms with Crippen molar-refractivity contribution in [1.29, 1.82) is 0 Å². The maximum absolute atomic E-state index is 13.0. The van der Waals surface area contributed by atoms with Crippen LogP contribution in [0.25, 0.3) is 0 Å². The van der Waals surface area contributed by atoms with Gasteiger partial charge in [-0.15, -0.1) is 0 Å². The van der Waals surface area contributed by atoms with Crippen molar-refractivity contribution in [3.8, 4) is 11.5 Å². The summed E-state index contributed by atoms with van der Waals surface area (Å²) in [6, 6.07) is 19.0. The molecule has 0 heterocycles. The highest BCUT2D eigenvalue weighted by atomic mass is 79.9. The van der Waals surface area contributed by atoms with Gasteiger partial charge < -0.3 is 14.8 Å². The third-order valence-corrected chi connectivity index (χ3v) is 5.29. The minimum atomic E-state index is -0.204. The summed E-state index contributed by atoms with van der Waals surface area (Å²) in [5.74, 6) is 1.24. The summed E-state index contributed by atoms with van der Waals surface area (Å²) in [7, 11) is 0. The Labute approximate surface area is 186 Å². The average molecular weight is 472 g/mol. The molecule has 0 radical (unpaired) electrons. The van der Waals surface area contributed by atoms with Crippen LogP contribution in [0.15, 0.2) is 65.1 Å². The summed E-state index contributed by atoms with van der Waals surface area (Å²) in [6.07, 6.45) is 0.845. The first-order valence-corrected chi connectivity index (χ1v) is 10.9. The number of nitrogens with one attached hydrogen (secondary N) is 1. The normalized spacial score (nSPS) is 10.8. The Balaban J connectivity index is 1.60. The van der Waals surface area contributed by atoms with E-state index in [0.717, 1.165) is 39.9 Å². The van der Waals surface area contributed by atoms with Gasteiger partial charge in [0, 0.05) is 6.54 Å². The van der Waals surface area contributed by atoms with Crippen molar-refractivity contribution in [3.63, 3.8) is 0 Å². The first-order valence-electron chi connectivity index (χ1n) is 10.1. The molecule has 3 nitrogen and oxygen atoms in total. The van der Waals surface area contributed by atoms with E-state index in [4.69, 9.17) is 9.47 Å². The van der Waals surface area contributed by atoms with E-state index in [1.165, 1.54) is 17.7 Å². The van der Waals surface area contributed by atoms with Gasteiger partial charge in [-0.3, -0.25) is 0 Å². The number of hydrogen-bond acceptors (Lipinski definition) is 3. The van der Waals surface area contributed by atoms with Gasteiger partial charge in [-0.05, 0) is 83.7 Å². The highest BCUT2D eigenvalue weighted by Crippen LogP contribution is 2.37. The van der Waals surface area contributed by atoms with E-state index in [2.05, 4.69) is 58.5 Å². The van der Waals surface area contributed by atoms with Gasteiger partial charge >= 0.3 is 0 Å². The van der Waals surface area contributed by atoms with Crippen LogP contribution >= 0.6 is 15.9 Å². The van der Waals surface area contributed by atoms with Gasteiger partial charge in [0.25, 0.3) is 0 Å². The van der Waals surface area contributed by atoms with Gasteiger partial charge in [0.15, 0.2) is 11.5 Å². The molecule has 0 atom stereocenters. The van der Waals surface area contributed by atoms with E-state index < -0.39 is 0 Å². The average Bonchev–Trinajstić information content (AvgIpc) is 2.73. The zero-order valence-corrected chi connectivity index (χ0v) is 19.0. The largest absolute Gasteiger partial charge is 0.490 e. The van der Waals surface area contributed by atoms with Gasteiger partial charge in [-0.2, -0.15) is 0 Å². The fourth-order valence-corrected chi connectivity index (χ4v) is 3.69. The van der Waals surface area contributed by atoms with Crippen molar-refractivity contribution in [2.75, 3.05) is 13.2 Å². The van der Waals surface area contributed by atoms with Gasteiger partial charge in [0.1, 0.15) is 12.4 Å². The molecule has 0 aliphatic rings. The van der Waals surface area contributed by atoms with Crippen molar-refractivity contribution in [3.05, 3.63) is 93.2 Å². The molecule has 0 bridgehead atoms. The van der Waals surface area contributed by atoms with Crippen LogP contribution in [-0.4, -0.2) is 13.2 Å². The smallest absolute Gasteiger partial charge is 0.175 e. The van der Waals surface area contributed by atoms with E-state index >= 15 is 0 Å². The van der Waals surface area contributed by atoms with E-state index in [9.17, 15) is 4.39 Å². The molecule has 3 aromatic rings. The van der Waals surface area contributed by atoms with Crippen LogP contribution in [0.4, 0.5) is 4.39 Å². The molecule has 0 saturated heterocycles. The van der Waals surface area contributed by atoms with E-state index in [1.807, 2.05) is 25.1 Å².